The van der Waals surface area contributed by atoms with Gasteiger partial charge in [-0.25, -0.2) is 9.36 Å². The molecule has 8 nitrogen and oxygen atoms in total. The van der Waals surface area contributed by atoms with E-state index in [1.165, 1.54) is 0 Å². The van der Waals surface area contributed by atoms with Crippen molar-refractivity contribution in [3.8, 4) is 0 Å². The third-order valence-corrected chi connectivity index (χ3v) is 3.08. The van der Waals surface area contributed by atoms with Gasteiger partial charge in [0.2, 0.25) is 5.82 Å². The van der Waals surface area contributed by atoms with Crippen LogP contribution in [0.15, 0.2) is 15.8 Å². The molecule has 140 valence electrons. The van der Waals surface area contributed by atoms with Crippen LogP contribution < -0.4 is 11.2 Å². The van der Waals surface area contributed by atoms with E-state index in [0.29, 0.717) is 15.3 Å². The van der Waals surface area contributed by atoms with E-state index in [1.54, 1.807) is 41.5 Å². The molecule has 0 aliphatic rings. The molecule has 0 aliphatic heterocycles. The highest BCUT2D eigenvalue weighted by Gasteiger charge is 2.25. The van der Waals surface area contributed by atoms with Crippen molar-refractivity contribution in [3.05, 3.63) is 32.9 Å². The summed E-state index contributed by atoms with van der Waals surface area (Å²) in [6, 6.07) is 0. The van der Waals surface area contributed by atoms with Gasteiger partial charge in [-0.05, 0) is 41.5 Å². The number of esters is 2. The van der Waals surface area contributed by atoms with E-state index < -0.39 is 53.3 Å². The number of rotatable bonds is 4. The van der Waals surface area contributed by atoms with Crippen LogP contribution in [0.1, 0.15) is 41.5 Å². The van der Waals surface area contributed by atoms with E-state index in [9.17, 15) is 23.6 Å². The van der Waals surface area contributed by atoms with Crippen LogP contribution in [-0.4, -0.2) is 21.1 Å². The molecule has 1 aromatic rings. The number of hydrogen-bond acceptors (Lipinski definition) is 6. The smallest absolute Gasteiger partial charge is 0.336 e. The van der Waals surface area contributed by atoms with Gasteiger partial charge in [0.25, 0.3) is 5.56 Å². The number of carbonyl (C=O) groups excluding carboxylic acids is 2. The molecule has 0 unspecified atom stereocenters. The number of aromatic nitrogens is 2. The summed E-state index contributed by atoms with van der Waals surface area (Å²) in [4.78, 5) is 47.5. The van der Waals surface area contributed by atoms with Gasteiger partial charge in [-0.2, -0.15) is 4.39 Å². The molecule has 0 radical (unpaired) electrons. The van der Waals surface area contributed by atoms with E-state index in [2.05, 4.69) is 0 Å². The summed E-state index contributed by atoms with van der Waals surface area (Å²) in [6.45, 7) is 8.32. The quantitative estimate of drug-likeness (QED) is 0.752. The lowest BCUT2D eigenvalue weighted by molar-refractivity contribution is -0.157. The first-order chi connectivity index (χ1) is 11.2. The highest BCUT2D eigenvalue weighted by molar-refractivity contribution is 5.75. The minimum atomic E-state index is -1.24. The monoisotopic (exact) mass is 358 g/mol. The highest BCUT2D eigenvalue weighted by atomic mass is 19.1. The average Bonchev–Trinajstić information content (AvgIpc) is 2.46. The van der Waals surface area contributed by atoms with Crippen molar-refractivity contribution in [2.24, 2.45) is 10.8 Å². The SMILES string of the molecule is CC(C)(C)C(=O)OCn1cc(F)c(=O)n(COC(=O)C(C)(C)C)c1=O. The summed E-state index contributed by atoms with van der Waals surface area (Å²) < 4.78 is 24.7. The van der Waals surface area contributed by atoms with Crippen LogP contribution in [0, 0.1) is 16.6 Å². The summed E-state index contributed by atoms with van der Waals surface area (Å²) >= 11 is 0. The summed E-state index contributed by atoms with van der Waals surface area (Å²) in [5.74, 6) is -2.50. The molecule has 0 N–H and O–H groups in total. The Hall–Kier alpha value is -2.45. The Balaban J connectivity index is 3.06. The van der Waals surface area contributed by atoms with Crippen molar-refractivity contribution in [2.75, 3.05) is 0 Å². The topological polar surface area (TPSA) is 96.6 Å². The molecule has 0 aromatic carbocycles. The minimum Gasteiger partial charge on any atom is -0.443 e. The first-order valence-electron chi connectivity index (χ1n) is 7.59. The first kappa shape index (κ1) is 20.6. The minimum absolute atomic E-state index is 0.421. The normalized spacial score (nSPS) is 12.0. The van der Waals surface area contributed by atoms with Gasteiger partial charge >= 0.3 is 17.6 Å². The second-order valence-corrected chi connectivity index (χ2v) is 7.58. The third-order valence-electron chi connectivity index (χ3n) is 3.08. The van der Waals surface area contributed by atoms with E-state index >= 15 is 0 Å². The molecule has 0 fully saturated rings. The summed E-state index contributed by atoms with van der Waals surface area (Å²) in [5, 5.41) is 0. The standard InChI is InChI=1S/C16H23FN2O6/c1-15(2,3)12(21)24-8-18-7-10(17)11(20)19(14(18)23)9-25-13(22)16(4,5)6/h7H,8-9H2,1-6H3. The number of ether oxygens (including phenoxy) is 2. The largest absolute Gasteiger partial charge is 0.443 e. The number of halogens is 1. The fourth-order valence-electron chi connectivity index (χ4n) is 1.51. The van der Waals surface area contributed by atoms with Crippen LogP contribution in [-0.2, 0) is 32.5 Å². The van der Waals surface area contributed by atoms with Crippen molar-refractivity contribution in [2.45, 2.75) is 55.0 Å². The van der Waals surface area contributed by atoms with E-state index in [-0.39, 0.29) is 0 Å². The first-order valence-corrected chi connectivity index (χ1v) is 7.59. The van der Waals surface area contributed by atoms with E-state index in [4.69, 9.17) is 9.47 Å². The van der Waals surface area contributed by atoms with Gasteiger partial charge in [-0.1, -0.05) is 0 Å². The molecule has 0 bridgehead atoms. The van der Waals surface area contributed by atoms with Crippen molar-refractivity contribution in [1.82, 2.24) is 9.13 Å². The van der Waals surface area contributed by atoms with Crippen LogP contribution in [0.2, 0.25) is 0 Å². The zero-order chi connectivity index (χ0) is 19.6. The summed E-state index contributed by atoms with van der Waals surface area (Å²) in [6.07, 6.45) is 0.642. The van der Waals surface area contributed by atoms with Crippen molar-refractivity contribution in [1.29, 1.82) is 0 Å². The Morgan fingerprint density at radius 3 is 1.84 bits per heavy atom. The van der Waals surface area contributed by atoms with Gasteiger partial charge in [-0.3, -0.25) is 19.0 Å². The van der Waals surface area contributed by atoms with Gasteiger partial charge in [0.1, 0.15) is 0 Å². The summed E-state index contributed by atoms with van der Waals surface area (Å²) in [7, 11) is 0. The number of nitrogens with zero attached hydrogens (tertiary/aromatic N) is 2. The van der Waals surface area contributed by atoms with Gasteiger partial charge in [0, 0.05) is 0 Å². The molecule has 0 saturated carbocycles. The summed E-state index contributed by atoms with van der Waals surface area (Å²) in [5.41, 5.74) is -3.85. The average molecular weight is 358 g/mol. The molecule has 1 rings (SSSR count). The van der Waals surface area contributed by atoms with Crippen molar-refractivity contribution in [3.63, 3.8) is 0 Å². The predicted octanol–water partition coefficient (Wildman–Crippen LogP) is 1.24. The Morgan fingerprint density at radius 2 is 1.40 bits per heavy atom. The van der Waals surface area contributed by atoms with Crippen LogP contribution >= 0.6 is 0 Å². The van der Waals surface area contributed by atoms with E-state index in [0.717, 1.165) is 0 Å². The molecule has 0 aliphatic carbocycles. The predicted molar refractivity (Wildman–Crippen MR) is 86.0 cm³/mol. The molecule has 0 atom stereocenters. The maximum atomic E-state index is 13.8. The van der Waals surface area contributed by atoms with Gasteiger partial charge in [0.15, 0.2) is 13.5 Å². The Morgan fingerprint density at radius 1 is 0.960 bits per heavy atom. The molecular formula is C16H23FN2O6. The molecule has 1 aromatic heterocycles. The fraction of sp³-hybridized carbons (Fsp3) is 0.625. The zero-order valence-electron chi connectivity index (χ0n) is 15.2. The third kappa shape index (κ3) is 5.27. The van der Waals surface area contributed by atoms with Crippen molar-refractivity contribution >= 4 is 11.9 Å². The molecule has 25 heavy (non-hydrogen) atoms. The Kier molecular flexibility index (Phi) is 5.93. The Bertz CT molecular complexity index is 780. The van der Waals surface area contributed by atoms with Crippen LogP contribution in [0.4, 0.5) is 4.39 Å². The van der Waals surface area contributed by atoms with Crippen molar-refractivity contribution < 1.29 is 23.5 Å². The fourth-order valence-corrected chi connectivity index (χ4v) is 1.51. The molecular weight excluding hydrogens is 335 g/mol. The lowest BCUT2D eigenvalue weighted by atomic mass is 9.97. The Labute approximate surface area is 144 Å². The molecule has 0 spiro atoms. The lowest BCUT2D eigenvalue weighted by Gasteiger charge is -2.18. The highest BCUT2D eigenvalue weighted by Crippen LogP contribution is 2.16. The van der Waals surface area contributed by atoms with E-state index in [1.807, 2.05) is 0 Å². The molecule has 1 heterocycles. The molecule has 0 amide bonds. The van der Waals surface area contributed by atoms with Crippen LogP contribution in [0.5, 0.6) is 0 Å². The molecule has 9 heteroatoms. The maximum absolute atomic E-state index is 13.8. The zero-order valence-corrected chi connectivity index (χ0v) is 15.2. The lowest BCUT2D eigenvalue weighted by Crippen LogP contribution is -2.43. The van der Waals surface area contributed by atoms with Crippen LogP contribution in [0.25, 0.3) is 0 Å². The second kappa shape index (κ2) is 7.20. The number of hydrogen-bond donors (Lipinski definition) is 0. The van der Waals surface area contributed by atoms with Gasteiger partial charge in [0.05, 0.1) is 17.0 Å². The molecule has 0 saturated heterocycles. The maximum Gasteiger partial charge on any atom is 0.336 e. The second-order valence-electron chi connectivity index (χ2n) is 7.58. The number of carbonyl (C=O) groups is 2. The van der Waals surface area contributed by atoms with Crippen LogP contribution in [0.3, 0.4) is 0 Å². The van der Waals surface area contributed by atoms with Gasteiger partial charge in [-0.15, -0.1) is 0 Å². The van der Waals surface area contributed by atoms with Gasteiger partial charge < -0.3 is 9.47 Å².